The molecule has 0 amide bonds. The molecule has 16 heavy (non-hydrogen) atoms. The summed E-state index contributed by atoms with van der Waals surface area (Å²) in [4.78, 5) is 14.3. The van der Waals surface area contributed by atoms with Crippen LogP contribution in [-0.2, 0) is 0 Å². The molecule has 86 valence electrons. The second kappa shape index (κ2) is 3.86. The van der Waals surface area contributed by atoms with Crippen molar-refractivity contribution in [3.63, 3.8) is 0 Å². The van der Waals surface area contributed by atoms with Gasteiger partial charge in [0.1, 0.15) is 0 Å². The van der Waals surface area contributed by atoms with Crippen LogP contribution in [0.3, 0.4) is 0 Å². The smallest absolute Gasteiger partial charge is 0.181 e. The van der Waals surface area contributed by atoms with E-state index in [2.05, 4.69) is 25.7 Å². The van der Waals surface area contributed by atoms with Crippen LogP contribution >= 0.6 is 11.6 Å². The van der Waals surface area contributed by atoms with Crippen LogP contribution in [0, 0.1) is 0 Å². The number of nitrogens with zero attached hydrogens (tertiary/aromatic N) is 1. The number of benzene rings is 1. The largest absolute Gasteiger partial charge is 0.292 e. The van der Waals surface area contributed by atoms with E-state index in [1.54, 1.807) is 12.1 Å². The maximum atomic E-state index is 12.1. The van der Waals surface area contributed by atoms with Gasteiger partial charge in [0.05, 0.1) is 6.04 Å². The van der Waals surface area contributed by atoms with Crippen molar-refractivity contribution >= 4 is 17.4 Å². The van der Waals surface area contributed by atoms with Crippen LogP contribution < -0.4 is 0 Å². The van der Waals surface area contributed by atoms with Crippen LogP contribution in [-0.4, -0.2) is 28.8 Å². The number of hydrogen-bond donors (Lipinski definition) is 0. The molecule has 1 fully saturated rings. The highest BCUT2D eigenvalue weighted by Crippen LogP contribution is 2.31. The molecule has 1 aliphatic heterocycles. The van der Waals surface area contributed by atoms with Gasteiger partial charge >= 0.3 is 0 Å². The third-order valence-electron chi connectivity index (χ3n) is 2.89. The monoisotopic (exact) mass is 237 g/mol. The van der Waals surface area contributed by atoms with Gasteiger partial charge in [-0.1, -0.05) is 23.7 Å². The first kappa shape index (κ1) is 11.6. The Labute approximate surface area is 101 Å². The van der Waals surface area contributed by atoms with E-state index in [1.165, 1.54) is 0 Å². The highest BCUT2D eigenvalue weighted by molar-refractivity contribution is 6.31. The SMILES string of the molecule is CC(C)(C)N1CC1C(=O)c1cccc(Cl)c1. The van der Waals surface area contributed by atoms with Gasteiger partial charge in [-0.15, -0.1) is 0 Å². The molecule has 0 aliphatic carbocycles. The van der Waals surface area contributed by atoms with E-state index in [-0.39, 0.29) is 17.4 Å². The topological polar surface area (TPSA) is 20.1 Å². The summed E-state index contributed by atoms with van der Waals surface area (Å²) in [6, 6.07) is 7.21. The lowest BCUT2D eigenvalue weighted by Crippen LogP contribution is -2.29. The van der Waals surface area contributed by atoms with Crippen molar-refractivity contribution in [2.24, 2.45) is 0 Å². The molecule has 0 bridgehead atoms. The van der Waals surface area contributed by atoms with E-state index >= 15 is 0 Å². The maximum absolute atomic E-state index is 12.1. The molecule has 1 saturated heterocycles. The van der Waals surface area contributed by atoms with E-state index < -0.39 is 0 Å². The third kappa shape index (κ3) is 2.28. The van der Waals surface area contributed by atoms with E-state index in [9.17, 15) is 4.79 Å². The Kier molecular flexibility index (Phi) is 2.81. The summed E-state index contributed by atoms with van der Waals surface area (Å²) in [5.41, 5.74) is 0.781. The fraction of sp³-hybridized carbons (Fsp3) is 0.462. The van der Waals surface area contributed by atoms with Gasteiger partial charge in [0, 0.05) is 22.7 Å². The van der Waals surface area contributed by atoms with Gasteiger partial charge in [0.2, 0.25) is 0 Å². The highest BCUT2D eigenvalue weighted by Gasteiger charge is 2.46. The normalized spacial score (nSPS) is 24.2. The molecule has 2 nitrogen and oxygen atoms in total. The number of rotatable bonds is 2. The van der Waals surface area contributed by atoms with Gasteiger partial charge in [-0.2, -0.15) is 0 Å². The second-order valence-electron chi connectivity index (χ2n) is 5.21. The fourth-order valence-corrected chi connectivity index (χ4v) is 2.13. The molecule has 0 aromatic heterocycles. The highest BCUT2D eigenvalue weighted by atomic mass is 35.5. The van der Waals surface area contributed by atoms with Gasteiger partial charge in [0.25, 0.3) is 0 Å². The summed E-state index contributed by atoms with van der Waals surface area (Å²) in [7, 11) is 0. The predicted octanol–water partition coefficient (Wildman–Crippen LogP) is 3.01. The van der Waals surface area contributed by atoms with Crippen molar-refractivity contribution in [1.82, 2.24) is 4.90 Å². The van der Waals surface area contributed by atoms with Crippen LogP contribution in [0.4, 0.5) is 0 Å². The zero-order chi connectivity index (χ0) is 11.9. The molecular weight excluding hydrogens is 222 g/mol. The van der Waals surface area contributed by atoms with Gasteiger partial charge in [-0.05, 0) is 32.9 Å². The summed E-state index contributed by atoms with van der Waals surface area (Å²) >= 11 is 5.87. The summed E-state index contributed by atoms with van der Waals surface area (Å²) in [6.45, 7) is 7.23. The van der Waals surface area contributed by atoms with Crippen molar-refractivity contribution in [2.75, 3.05) is 6.54 Å². The third-order valence-corrected chi connectivity index (χ3v) is 3.12. The molecular formula is C13H16ClNO. The number of halogens is 1. The van der Waals surface area contributed by atoms with Crippen molar-refractivity contribution in [1.29, 1.82) is 0 Å². The van der Waals surface area contributed by atoms with Gasteiger partial charge in [-0.3, -0.25) is 9.69 Å². The van der Waals surface area contributed by atoms with Crippen LogP contribution in [0.25, 0.3) is 0 Å². The van der Waals surface area contributed by atoms with E-state index in [0.29, 0.717) is 10.6 Å². The average Bonchev–Trinajstić information content (AvgIpc) is 2.95. The molecule has 0 spiro atoms. The Morgan fingerprint density at radius 1 is 1.44 bits per heavy atom. The number of Topliss-reactive ketones (excluding diaryl/α,β-unsaturated/α-hetero) is 1. The van der Waals surface area contributed by atoms with Crippen LogP contribution in [0.2, 0.25) is 5.02 Å². The predicted molar refractivity (Wildman–Crippen MR) is 66.0 cm³/mol. The minimum atomic E-state index is 0.0402. The molecule has 2 atom stereocenters. The minimum absolute atomic E-state index is 0.0402. The van der Waals surface area contributed by atoms with E-state index in [1.807, 2.05) is 12.1 Å². The molecule has 0 N–H and O–H groups in total. The zero-order valence-corrected chi connectivity index (χ0v) is 10.6. The lowest BCUT2D eigenvalue weighted by atomic mass is 10.1. The first-order valence-corrected chi connectivity index (χ1v) is 5.84. The molecule has 1 heterocycles. The Bertz CT molecular complexity index is 422. The van der Waals surface area contributed by atoms with Gasteiger partial charge in [0.15, 0.2) is 5.78 Å². The number of carbonyl (C=O) groups is 1. The van der Waals surface area contributed by atoms with Crippen LogP contribution in [0.15, 0.2) is 24.3 Å². The number of carbonyl (C=O) groups excluding carboxylic acids is 1. The first-order valence-electron chi connectivity index (χ1n) is 5.46. The number of ketones is 1. The minimum Gasteiger partial charge on any atom is -0.292 e. The van der Waals surface area contributed by atoms with Crippen LogP contribution in [0.1, 0.15) is 31.1 Å². The quantitative estimate of drug-likeness (QED) is 0.582. The Morgan fingerprint density at radius 2 is 2.12 bits per heavy atom. The zero-order valence-electron chi connectivity index (χ0n) is 9.83. The van der Waals surface area contributed by atoms with E-state index in [0.717, 1.165) is 6.54 Å². The van der Waals surface area contributed by atoms with E-state index in [4.69, 9.17) is 11.6 Å². The van der Waals surface area contributed by atoms with Crippen molar-refractivity contribution in [3.05, 3.63) is 34.9 Å². The molecule has 0 saturated carbocycles. The van der Waals surface area contributed by atoms with Crippen molar-refractivity contribution in [3.8, 4) is 0 Å². The lowest BCUT2D eigenvalue weighted by Gasteiger charge is -2.20. The molecule has 0 radical (unpaired) electrons. The summed E-state index contributed by atoms with van der Waals surface area (Å²) < 4.78 is 0. The fourth-order valence-electron chi connectivity index (χ4n) is 1.94. The van der Waals surface area contributed by atoms with Crippen molar-refractivity contribution in [2.45, 2.75) is 32.4 Å². The lowest BCUT2D eigenvalue weighted by molar-refractivity contribution is 0.0957. The van der Waals surface area contributed by atoms with Gasteiger partial charge < -0.3 is 0 Å². The average molecular weight is 238 g/mol. The van der Waals surface area contributed by atoms with Gasteiger partial charge in [-0.25, -0.2) is 0 Å². The first-order chi connectivity index (χ1) is 7.39. The summed E-state index contributed by atoms with van der Waals surface area (Å²) in [6.07, 6.45) is 0. The standard InChI is InChI=1S/C13H16ClNO/c1-13(2,3)15-8-11(15)12(16)9-5-4-6-10(14)7-9/h4-7,11H,8H2,1-3H3. The Morgan fingerprint density at radius 3 is 2.62 bits per heavy atom. The molecule has 3 heteroatoms. The Hall–Kier alpha value is -0.860. The summed E-state index contributed by atoms with van der Waals surface area (Å²) in [5.74, 6) is 0.178. The molecule has 2 rings (SSSR count). The molecule has 1 aliphatic rings. The summed E-state index contributed by atoms with van der Waals surface area (Å²) in [5, 5.41) is 0.619. The van der Waals surface area contributed by atoms with Crippen LogP contribution in [0.5, 0.6) is 0 Å². The molecule has 2 unspecified atom stereocenters. The maximum Gasteiger partial charge on any atom is 0.181 e. The second-order valence-corrected chi connectivity index (χ2v) is 5.65. The Balaban J connectivity index is 2.11. The van der Waals surface area contributed by atoms with Crippen molar-refractivity contribution < 1.29 is 4.79 Å². The number of hydrogen-bond acceptors (Lipinski definition) is 2. The molecule has 1 aromatic rings. The molecule has 1 aromatic carbocycles.